The van der Waals surface area contributed by atoms with Crippen LogP contribution in [0.25, 0.3) is 0 Å². The van der Waals surface area contributed by atoms with Gasteiger partial charge in [0.25, 0.3) is 0 Å². The summed E-state index contributed by atoms with van der Waals surface area (Å²) in [6.45, 7) is 2.73. The number of aldehydes is 1. The van der Waals surface area contributed by atoms with E-state index < -0.39 is 0 Å². The summed E-state index contributed by atoms with van der Waals surface area (Å²) in [6, 6.07) is 0. The number of carbonyl (C=O) groups excluding carboxylic acids is 1. The molecule has 2 rings (SSSR count). The molecule has 0 spiro atoms. The molecule has 1 saturated carbocycles. The van der Waals surface area contributed by atoms with Gasteiger partial charge in [0.1, 0.15) is 6.29 Å². The van der Waals surface area contributed by atoms with Crippen LogP contribution in [0.5, 0.6) is 0 Å². The summed E-state index contributed by atoms with van der Waals surface area (Å²) in [5.41, 5.74) is 0. The second kappa shape index (κ2) is 4.26. The third kappa shape index (κ3) is 1.63. The minimum atomic E-state index is 0.143. The minimum absolute atomic E-state index is 0.143. The van der Waals surface area contributed by atoms with Crippen LogP contribution in [-0.4, -0.2) is 19.0 Å². The van der Waals surface area contributed by atoms with Crippen LogP contribution in [0.1, 0.15) is 26.2 Å². The molecule has 0 aromatic rings. The monoisotopic (exact) mass is 194 g/mol. The number of fused-ring (bicyclic) bond motifs is 1. The Morgan fingerprint density at radius 1 is 1.43 bits per heavy atom. The molecule has 78 valence electrons. The molecule has 0 amide bonds. The van der Waals surface area contributed by atoms with Gasteiger partial charge in [-0.05, 0) is 38.0 Å². The van der Waals surface area contributed by atoms with Crippen molar-refractivity contribution in [2.75, 3.05) is 6.61 Å². The number of allylic oxidation sites excluding steroid dienone is 2. The second-order valence-electron chi connectivity index (χ2n) is 4.31. The molecule has 1 fully saturated rings. The Kier molecular flexibility index (Phi) is 3.02. The molecule has 2 heteroatoms. The number of rotatable bonds is 3. The van der Waals surface area contributed by atoms with Gasteiger partial charge in [-0.25, -0.2) is 0 Å². The largest absolute Gasteiger partial charge is 0.378 e. The fourth-order valence-electron chi connectivity index (χ4n) is 2.95. The zero-order chi connectivity index (χ0) is 9.97. The van der Waals surface area contributed by atoms with Crippen LogP contribution >= 0.6 is 0 Å². The van der Waals surface area contributed by atoms with Gasteiger partial charge in [0.05, 0.1) is 6.10 Å². The lowest BCUT2D eigenvalue weighted by Crippen LogP contribution is -2.24. The molecule has 2 aliphatic rings. The van der Waals surface area contributed by atoms with Crippen molar-refractivity contribution in [3.63, 3.8) is 0 Å². The van der Waals surface area contributed by atoms with Gasteiger partial charge in [0, 0.05) is 12.5 Å². The van der Waals surface area contributed by atoms with Gasteiger partial charge in [-0.15, -0.1) is 0 Å². The first kappa shape index (κ1) is 9.91. The highest BCUT2D eigenvalue weighted by molar-refractivity contribution is 5.56. The lowest BCUT2D eigenvalue weighted by Gasteiger charge is -2.23. The Labute approximate surface area is 85.3 Å². The summed E-state index contributed by atoms with van der Waals surface area (Å²) in [4.78, 5) is 11.0. The highest BCUT2D eigenvalue weighted by atomic mass is 16.5. The number of hydrogen-bond acceptors (Lipinski definition) is 2. The van der Waals surface area contributed by atoms with E-state index in [1.807, 2.05) is 6.92 Å². The van der Waals surface area contributed by atoms with Crippen molar-refractivity contribution in [3.8, 4) is 0 Å². The van der Waals surface area contributed by atoms with Crippen molar-refractivity contribution in [3.05, 3.63) is 12.2 Å². The Morgan fingerprint density at radius 3 is 2.93 bits per heavy atom. The van der Waals surface area contributed by atoms with E-state index in [1.165, 1.54) is 0 Å². The SMILES string of the molecule is CCOC1CC2CC=CCC2C1C=O. The molecule has 0 aromatic carbocycles. The van der Waals surface area contributed by atoms with Crippen LogP contribution in [0, 0.1) is 17.8 Å². The van der Waals surface area contributed by atoms with Gasteiger partial charge in [-0.1, -0.05) is 12.2 Å². The van der Waals surface area contributed by atoms with E-state index in [1.54, 1.807) is 0 Å². The second-order valence-corrected chi connectivity index (χ2v) is 4.31. The average Bonchev–Trinajstić information content (AvgIpc) is 2.55. The summed E-state index contributed by atoms with van der Waals surface area (Å²) in [5.74, 6) is 1.38. The molecule has 0 heterocycles. The summed E-state index contributed by atoms with van der Waals surface area (Å²) < 4.78 is 5.64. The average molecular weight is 194 g/mol. The molecule has 2 aliphatic carbocycles. The predicted octanol–water partition coefficient (Wildman–Crippen LogP) is 2.19. The van der Waals surface area contributed by atoms with E-state index >= 15 is 0 Å². The lowest BCUT2D eigenvalue weighted by molar-refractivity contribution is -0.116. The van der Waals surface area contributed by atoms with Crippen LogP contribution in [0.3, 0.4) is 0 Å². The van der Waals surface area contributed by atoms with E-state index in [0.29, 0.717) is 11.8 Å². The van der Waals surface area contributed by atoms with Crippen LogP contribution < -0.4 is 0 Å². The Morgan fingerprint density at radius 2 is 2.21 bits per heavy atom. The zero-order valence-electron chi connectivity index (χ0n) is 8.69. The van der Waals surface area contributed by atoms with E-state index in [-0.39, 0.29) is 12.0 Å². The minimum Gasteiger partial charge on any atom is -0.378 e. The first-order chi connectivity index (χ1) is 6.86. The van der Waals surface area contributed by atoms with Gasteiger partial charge in [0.15, 0.2) is 0 Å². The van der Waals surface area contributed by atoms with Crippen molar-refractivity contribution in [1.82, 2.24) is 0 Å². The van der Waals surface area contributed by atoms with E-state index in [0.717, 1.165) is 32.2 Å². The molecular weight excluding hydrogens is 176 g/mol. The first-order valence-electron chi connectivity index (χ1n) is 5.58. The van der Waals surface area contributed by atoms with E-state index in [2.05, 4.69) is 12.2 Å². The number of carbonyl (C=O) groups is 1. The molecule has 0 N–H and O–H groups in total. The van der Waals surface area contributed by atoms with Crippen molar-refractivity contribution >= 4 is 6.29 Å². The van der Waals surface area contributed by atoms with E-state index in [9.17, 15) is 4.79 Å². The molecular formula is C12H18O2. The topological polar surface area (TPSA) is 26.3 Å². The van der Waals surface area contributed by atoms with E-state index in [4.69, 9.17) is 4.74 Å². The fourth-order valence-corrected chi connectivity index (χ4v) is 2.95. The maximum atomic E-state index is 11.0. The molecule has 0 radical (unpaired) electrons. The standard InChI is InChI=1S/C12H18O2/c1-2-14-12-7-9-5-3-4-6-10(9)11(12)8-13/h3-4,8-12H,2,5-7H2,1H3. The van der Waals surface area contributed by atoms with Crippen LogP contribution in [-0.2, 0) is 9.53 Å². The van der Waals surface area contributed by atoms with Gasteiger partial charge in [-0.2, -0.15) is 0 Å². The molecule has 0 bridgehead atoms. The highest BCUT2D eigenvalue weighted by Gasteiger charge is 2.43. The molecule has 0 aromatic heterocycles. The number of ether oxygens (including phenoxy) is 1. The quantitative estimate of drug-likeness (QED) is 0.508. The third-order valence-electron chi connectivity index (χ3n) is 3.62. The Balaban J connectivity index is 2.07. The molecule has 0 aliphatic heterocycles. The lowest BCUT2D eigenvalue weighted by atomic mass is 9.82. The molecule has 14 heavy (non-hydrogen) atoms. The van der Waals surface area contributed by atoms with Crippen LogP contribution in [0.4, 0.5) is 0 Å². The van der Waals surface area contributed by atoms with Crippen molar-refractivity contribution in [2.45, 2.75) is 32.3 Å². The number of hydrogen-bond donors (Lipinski definition) is 0. The van der Waals surface area contributed by atoms with Gasteiger partial charge in [-0.3, -0.25) is 0 Å². The summed E-state index contributed by atoms with van der Waals surface area (Å²) in [7, 11) is 0. The molecule has 0 saturated heterocycles. The van der Waals surface area contributed by atoms with Crippen LogP contribution in [0.2, 0.25) is 0 Å². The molecule has 4 unspecified atom stereocenters. The smallest absolute Gasteiger partial charge is 0.125 e. The summed E-state index contributed by atoms with van der Waals surface area (Å²) in [5, 5.41) is 0. The fraction of sp³-hybridized carbons (Fsp3) is 0.750. The van der Waals surface area contributed by atoms with Crippen molar-refractivity contribution < 1.29 is 9.53 Å². The first-order valence-corrected chi connectivity index (χ1v) is 5.58. The predicted molar refractivity (Wildman–Crippen MR) is 54.9 cm³/mol. The maximum Gasteiger partial charge on any atom is 0.125 e. The van der Waals surface area contributed by atoms with Gasteiger partial charge in [0.2, 0.25) is 0 Å². The maximum absolute atomic E-state index is 11.0. The Bertz CT molecular complexity index is 234. The zero-order valence-corrected chi connectivity index (χ0v) is 8.69. The summed E-state index contributed by atoms with van der Waals surface area (Å²) >= 11 is 0. The third-order valence-corrected chi connectivity index (χ3v) is 3.62. The van der Waals surface area contributed by atoms with Gasteiger partial charge < -0.3 is 9.53 Å². The van der Waals surface area contributed by atoms with Crippen molar-refractivity contribution in [2.24, 2.45) is 17.8 Å². The Hall–Kier alpha value is -0.630. The molecule has 4 atom stereocenters. The van der Waals surface area contributed by atoms with Crippen molar-refractivity contribution in [1.29, 1.82) is 0 Å². The molecule has 2 nitrogen and oxygen atoms in total. The highest BCUT2D eigenvalue weighted by Crippen LogP contribution is 2.44. The van der Waals surface area contributed by atoms with Crippen LogP contribution in [0.15, 0.2) is 12.2 Å². The normalized spacial score (nSPS) is 40.9. The summed E-state index contributed by atoms with van der Waals surface area (Å²) in [6.07, 6.45) is 9.04. The van der Waals surface area contributed by atoms with Gasteiger partial charge >= 0.3 is 0 Å².